The fraction of sp³-hybridized carbons (Fsp3) is 0.100. The number of hydrogen-bond acceptors (Lipinski definition) is 4. The molecule has 2 aromatic rings. The molecule has 0 aliphatic carbocycles. The van der Waals surface area contributed by atoms with Gasteiger partial charge in [-0.2, -0.15) is 0 Å². The van der Waals surface area contributed by atoms with Gasteiger partial charge in [-0.25, -0.2) is 4.98 Å². The van der Waals surface area contributed by atoms with Crippen LogP contribution in [0.4, 0.5) is 5.13 Å². The Balaban J connectivity index is 2.07. The second-order valence-corrected chi connectivity index (χ2v) is 4.69. The number of ether oxygens (including phenoxy) is 1. The first kappa shape index (κ1) is 11.5. The summed E-state index contributed by atoms with van der Waals surface area (Å²) in [6.07, 6.45) is 0. The van der Waals surface area contributed by atoms with E-state index in [4.69, 9.17) is 33.7 Å². The minimum absolute atomic E-state index is 0.327. The lowest BCUT2D eigenvalue weighted by Crippen LogP contribution is -1.96. The first-order valence-electron chi connectivity index (χ1n) is 4.43. The van der Waals surface area contributed by atoms with Crippen LogP contribution in [-0.2, 0) is 6.61 Å². The molecule has 6 heteroatoms. The molecule has 0 radical (unpaired) electrons. The van der Waals surface area contributed by atoms with Crippen LogP contribution in [0.25, 0.3) is 0 Å². The maximum atomic E-state index is 5.97. The summed E-state index contributed by atoms with van der Waals surface area (Å²) < 4.78 is 5.49. The number of benzene rings is 1. The van der Waals surface area contributed by atoms with Crippen LogP contribution in [0.2, 0.25) is 10.0 Å². The number of anilines is 1. The fourth-order valence-corrected chi connectivity index (χ4v) is 2.03. The molecule has 2 rings (SSSR count). The van der Waals surface area contributed by atoms with E-state index in [2.05, 4.69) is 4.98 Å². The highest BCUT2D eigenvalue weighted by molar-refractivity contribution is 7.13. The van der Waals surface area contributed by atoms with Gasteiger partial charge >= 0.3 is 0 Å². The van der Waals surface area contributed by atoms with Gasteiger partial charge < -0.3 is 10.5 Å². The van der Waals surface area contributed by atoms with E-state index >= 15 is 0 Å². The Labute approximate surface area is 107 Å². The van der Waals surface area contributed by atoms with E-state index in [-0.39, 0.29) is 0 Å². The molecule has 0 bridgehead atoms. The summed E-state index contributed by atoms with van der Waals surface area (Å²) in [5.41, 5.74) is 6.28. The topological polar surface area (TPSA) is 48.1 Å². The molecule has 0 saturated heterocycles. The molecule has 1 aromatic carbocycles. The van der Waals surface area contributed by atoms with Crippen LogP contribution < -0.4 is 10.5 Å². The number of thiazole rings is 1. The van der Waals surface area contributed by atoms with Crippen LogP contribution in [0.15, 0.2) is 23.6 Å². The van der Waals surface area contributed by atoms with Crippen molar-refractivity contribution < 1.29 is 4.74 Å². The minimum Gasteiger partial charge on any atom is -0.486 e. The van der Waals surface area contributed by atoms with Crippen molar-refractivity contribution in [3.8, 4) is 5.75 Å². The third kappa shape index (κ3) is 2.58. The smallest absolute Gasteiger partial charge is 0.180 e. The van der Waals surface area contributed by atoms with Crippen LogP contribution in [0, 0.1) is 0 Å². The number of nitrogens with zero attached hydrogens (tertiary/aromatic N) is 1. The molecule has 16 heavy (non-hydrogen) atoms. The maximum Gasteiger partial charge on any atom is 0.180 e. The van der Waals surface area contributed by atoms with E-state index in [0.29, 0.717) is 27.5 Å². The number of aromatic nitrogens is 1. The van der Waals surface area contributed by atoms with Crippen LogP contribution in [0.5, 0.6) is 5.75 Å². The first-order valence-corrected chi connectivity index (χ1v) is 6.07. The lowest BCUT2D eigenvalue weighted by molar-refractivity contribution is 0.302. The summed E-state index contributed by atoms with van der Waals surface area (Å²) in [6.45, 7) is 0.327. The summed E-state index contributed by atoms with van der Waals surface area (Å²) in [6, 6.07) is 5.24. The zero-order valence-electron chi connectivity index (χ0n) is 8.11. The monoisotopic (exact) mass is 274 g/mol. The van der Waals surface area contributed by atoms with E-state index in [1.54, 1.807) is 18.2 Å². The van der Waals surface area contributed by atoms with Gasteiger partial charge in [0.1, 0.15) is 17.4 Å². The van der Waals surface area contributed by atoms with Crippen LogP contribution in [0.3, 0.4) is 0 Å². The first-order chi connectivity index (χ1) is 7.66. The third-order valence-corrected chi connectivity index (χ3v) is 3.39. The summed E-state index contributed by atoms with van der Waals surface area (Å²) in [5, 5.41) is 3.24. The van der Waals surface area contributed by atoms with Gasteiger partial charge in [0.25, 0.3) is 0 Å². The van der Waals surface area contributed by atoms with Gasteiger partial charge in [0.15, 0.2) is 5.13 Å². The maximum absolute atomic E-state index is 5.97. The molecular formula is C10H8Cl2N2OS. The summed E-state index contributed by atoms with van der Waals surface area (Å²) >= 11 is 13.2. The number of nitrogen functional groups attached to an aromatic ring is 1. The van der Waals surface area contributed by atoms with Crippen molar-refractivity contribution in [2.75, 3.05) is 5.73 Å². The molecule has 0 saturated carbocycles. The van der Waals surface area contributed by atoms with Crippen LogP contribution in [0.1, 0.15) is 5.69 Å². The summed E-state index contributed by atoms with van der Waals surface area (Å²) in [7, 11) is 0. The average molecular weight is 275 g/mol. The Kier molecular flexibility index (Phi) is 3.53. The SMILES string of the molecule is Nc1nc(COc2cccc(Cl)c2Cl)cs1. The third-order valence-electron chi connectivity index (χ3n) is 1.86. The molecule has 84 valence electrons. The lowest BCUT2D eigenvalue weighted by Gasteiger charge is -2.06. The Morgan fingerprint density at radius 2 is 2.19 bits per heavy atom. The minimum atomic E-state index is 0.327. The van der Waals surface area contributed by atoms with Gasteiger partial charge in [-0.05, 0) is 12.1 Å². The second kappa shape index (κ2) is 4.91. The molecule has 0 unspecified atom stereocenters. The highest BCUT2D eigenvalue weighted by Crippen LogP contribution is 2.31. The molecular weight excluding hydrogens is 267 g/mol. The summed E-state index contributed by atoms with van der Waals surface area (Å²) in [4.78, 5) is 4.07. The van der Waals surface area contributed by atoms with Crippen molar-refractivity contribution >= 4 is 39.7 Å². The van der Waals surface area contributed by atoms with Gasteiger partial charge in [0, 0.05) is 5.38 Å². The van der Waals surface area contributed by atoms with E-state index < -0.39 is 0 Å². The van der Waals surface area contributed by atoms with E-state index in [9.17, 15) is 0 Å². The summed E-state index contributed by atoms with van der Waals surface area (Å²) in [5.74, 6) is 0.542. The normalized spacial score (nSPS) is 10.4. The van der Waals surface area contributed by atoms with Crippen molar-refractivity contribution in [1.82, 2.24) is 4.98 Å². The Hall–Kier alpha value is -0.970. The molecule has 0 amide bonds. The Morgan fingerprint density at radius 1 is 1.38 bits per heavy atom. The Morgan fingerprint density at radius 3 is 2.88 bits per heavy atom. The molecule has 2 N–H and O–H groups in total. The molecule has 3 nitrogen and oxygen atoms in total. The number of hydrogen-bond donors (Lipinski definition) is 1. The van der Waals surface area contributed by atoms with Crippen LogP contribution >= 0.6 is 34.5 Å². The van der Waals surface area contributed by atoms with Crippen LogP contribution in [-0.4, -0.2) is 4.98 Å². The predicted octanol–water partition coefficient (Wildman–Crippen LogP) is 3.61. The van der Waals surface area contributed by atoms with Gasteiger partial charge in [-0.3, -0.25) is 0 Å². The largest absolute Gasteiger partial charge is 0.486 e. The van der Waals surface area contributed by atoms with Crippen molar-refractivity contribution in [2.45, 2.75) is 6.61 Å². The molecule has 1 heterocycles. The van der Waals surface area contributed by atoms with Gasteiger partial charge in [-0.1, -0.05) is 29.3 Å². The van der Waals surface area contributed by atoms with Gasteiger partial charge in [0.2, 0.25) is 0 Å². The zero-order valence-corrected chi connectivity index (χ0v) is 10.4. The van der Waals surface area contributed by atoms with E-state index in [0.717, 1.165) is 5.69 Å². The standard InChI is InChI=1S/C10H8Cl2N2OS/c11-7-2-1-3-8(9(7)12)15-4-6-5-16-10(13)14-6/h1-3,5H,4H2,(H2,13,14). The fourth-order valence-electron chi connectivity index (χ4n) is 1.14. The van der Waals surface area contributed by atoms with Crippen molar-refractivity contribution in [1.29, 1.82) is 0 Å². The lowest BCUT2D eigenvalue weighted by atomic mass is 10.3. The number of nitrogens with two attached hydrogens (primary N) is 1. The Bertz CT molecular complexity index is 501. The molecule has 0 fully saturated rings. The zero-order chi connectivity index (χ0) is 11.5. The van der Waals surface area contributed by atoms with E-state index in [1.807, 2.05) is 5.38 Å². The molecule has 0 spiro atoms. The van der Waals surface area contributed by atoms with E-state index in [1.165, 1.54) is 11.3 Å². The highest BCUT2D eigenvalue weighted by atomic mass is 35.5. The average Bonchev–Trinajstić information content (AvgIpc) is 2.67. The van der Waals surface area contributed by atoms with Crippen molar-refractivity contribution in [3.05, 3.63) is 39.3 Å². The molecule has 0 atom stereocenters. The van der Waals surface area contributed by atoms with Gasteiger partial charge in [-0.15, -0.1) is 11.3 Å². The molecule has 0 aliphatic heterocycles. The number of rotatable bonds is 3. The van der Waals surface area contributed by atoms with Gasteiger partial charge in [0.05, 0.1) is 10.7 Å². The quantitative estimate of drug-likeness (QED) is 0.930. The van der Waals surface area contributed by atoms with Crippen molar-refractivity contribution in [3.63, 3.8) is 0 Å². The predicted molar refractivity (Wildman–Crippen MR) is 67.3 cm³/mol. The number of halogens is 2. The molecule has 0 aliphatic rings. The second-order valence-electron chi connectivity index (χ2n) is 3.02. The highest BCUT2D eigenvalue weighted by Gasteiger charge is 2.06. The molecule has 1 aromatic heterocycles. The van der Waals surface area contributed by atoms with Crippen molar-refractivity contribution in [2.24, 2.45) is 0 Å².